The number of rotatable bonds is 5. The molecule has 6 heteroatoms. The predicted molar refractivity (Wildman–Crippen MR) is 92.6 cm³/mol. The third-order valence-electron chi connectivity index (χ3n) is 4.25. The molecule has 1 amide bonds. The second-order valence-electron chi connectivity index (χ2n) is 5.63. The summed E-state index contributed by atoms with van der Waals surface area (Å²) in [4.78, 5) is 15.9. The Morgan fingerprint density at radius 3 is 2.71 bits per heavy atom. The summed E-state index contributed by atoms with van der Waals surface area (Å²) in [6, 6.07) is 9.89. The Morgan fingerprint density at radius 1 is 1.29 bits per heavy atom. The standard InChI is InChI=1S/C18H20N4O2/c1-12-15(10-18(23)21-19)16-9-14(24-2)3-4-17(16)22(12)11-13-5-7-20-8-6-13/h3-9H,10-11,19H2,1-2H3,(H,21,23). The molecule has 3 rings (SSSR count). The zero-order chi connectivity index (χ0) is 17.1. The van der Waals surface area contributed by atoms with Crippen molar-refractivity contribution in [1.82, 2.24) is 15.0 Å². The summed E-state index contributed by atoms with van der Waals surface area (Å²) >= 11 is 0. The molecule has 0 aliphatic heterocycles. The van der Waals surface area contributed by atoms with E-state index in [2.05, 4.69) is 15.0 Å². The number of aromatic nitrogens is 2. The van der Waals surface area contributed by atoms with Crippen LogP contribution in [0.25, 0.3) is 10.9 Å². The highest BCUT2D eigenvalue weighted by atomic mass is 16.5. The number of methoxy groups -OCH3 is 1. The molecule has 0 spiro atoms. The first-order chi connectivity index (χ1) is 11.6. The summed E-state index contributed by atoms with van der Waals surface area (Å²) in [7, 11) is 1.63. The number of pyridine rings is 1. The Hall–Kier alpha value is -2.86. The van der Waals surface area contributed by atoms with E-state index >= 15 is 0 Å². The molecule has 0 saturated heterocycles. The fourth-order valence-electron chi connectivity index (χ4n) is 2.97. The van der Waals surface area contributed by atoms with Crippen LogP contribution in [0.5, 0.6) is 5.75 Å². The number of hydrogen-bond acceptors (Lipinski definition) is 4. The van der Waals surface area contributed by atoms with Gasteiger partial charge in [-0.3, -0.25) is 15.2 Å². The zero-order valence-electron chi connectivity index (χ0n) is 13.7. The SMILES string of the molecule is COc1ccc2c(c1)c(CC(=O)NN)c(C)n2Cc1ccncc1. The van der Waals surface area contributed by atoms with Gasteiger partial charge in [0.05, 0.1) is 13.5 Å². The van der Waals surface area contributed by atoms with Crippen molar-refractivity contribution in [3.05, 3.63) is 59.5 Å². The Morgan fingerprint density at radius 2 is 2.04 bits per heavy atom. The number of carbonyl (C=O) groups excluding carboxylic acids is 1. The summed E-state index contributed by atoms with van der Waals surface area (Å²) in [6.45, 7) is 2.73. The van der Waals surface area contributed by atoms with Gasteiger partial charge in [0.1, 0.15) is 5.75 Å². The normalized spacial score (nSPS) is 10.8. The van der Waals surface area contributed by atoms with Crippen LogP contribution in [0.4, 0.5) is 0 Å². The molecule has 2 heterocycles. The number of nitrogens with one attached hydrogen (secondary N) is 1. The summed E-state index contributed by atoms with van der Waals surface area (Å²) in [5.74, 6) is 5.81. The van der Waals surface area contributed by atoms with E-state index in [0.717, 1.165) is 33.5 Å². The number of hydrazine groups is 1. The van der Waals surface area contributed by atoms with E-state index in [-0.39, 0.29) is 12.3 Å². The van der Waals surface area contributed by atoms with E-state index in [4.69, 9.17) is 10.6 Å². The fourth-order valence-corrected chi connectivity index (χ4v) is 2.97. The monoisotopic (exact) mass is 324 g/mol. The molecule has 0 bridgehead atoms. The molecule has 3 aromatic rings. The average Bonchev–Trinajstić information content (AvgIpc) is 2.87. The van der Waals surface area contributed by atoms with Gasteiger partial charge in [0.2, 0.25) is 5.91 Å². The van der Waals surface area contributed by atoms with Gasteiger partial charge in [-0.25, -0.2) is 5.84 Å². The van der Waals surface area contributed by atoms with Gasteiger partial charge in [-0.1, -0.05) is 0 Å². The molecule has 3 N–H and O–H groups in total. The van der Waals surface area contributed by atoms with Crippen molar-refractivity contribution >= 4 is 16.8 Å². The first-order valence-corrected chi connectivity index (χ1v) is 7.68. The van der Waals surface area contributed by atoms with Crippen LogP contribution in [0.2, 0.25) is 0 Å². The lowest BCUT2D eigenvalue weighted by Crippen LogP contribution is -2.31. The minimum Gasteiger partial charge on any atom is -0.497 e. The van der Waals surface area contributed by atoms with Gasteiger partial charge in [0.15, 0.2) is 0 Å². The van der Waals surface area contributed by atoms with Crippen LogP contribution in [0.15, 0.2) is 42.7 Å². The minimum atomic E-state index is -0.219. The number of carbonyl (C=O) groups is 1. The van der Waals surface area contributed by atoms with Gasteiger partial charge in [-0.2, -0.15) is 0 Å². The van der Waals surface area contributed by atoms with Crippen molar-refractivity contribution in [2.24, 2.45) is 5.84 Å². The Labute approximate surface area is 140 Å². The Kier molecular flexibility index (Phi) is 4.48. The zero-order valence-corrected chi connectivity index (χ0v) is 13.7. The molecule has 1 aromatic carbocycles. The van der Waals surface area contributed by atoms with Crippen LogP contribution in [0, 0.1) is 6.92 Å². The first kappa shape index (κ1) is 16.0. The number of nitrogens with zero attached hydrogens (tertiary/aromatic N) is 2. The molecule has 0 saturated carbocycles. The highest BCUT2D eigenvalue weighted by Gasteiger charge is 2.17. The van der Waals surface area contributed by atoms with Gasteiger partial charge < -0.3 is 9.30 Å². The molecule has 6 nitrogen and oxygen atoms in total. The number of amides is 1. The van der Waals surface area contributed by atoms with Crippen molar-refractivity contribution in [2.45, 2.75) is 19.9 Å². The van der Waals surface area contributed by atoms with E-state index in [1.165, 1.54) is 0 Å². The van der Waals surface area contributed by atoms with Crippen molar-refractivity contribution in [1.29, 1.82) is 0 Å². The van der Waals surface area contributed by atoms with Crippen LogP contribution in [-0.2, 0) is 17.8 Å². The fraction of sp³-hybridized carbons (Fsp3) is 0.222. The number of fused-ring (bicyclic) bond motifs is 1. The van der Waals surface area contributed by atoms with E-state index < -0.39 is 0 Å². The molecular formula is C18H20N4O2. The molecular weight excluding hydrogens is 304 g/mol. The van der Waals surface area contributed by atoms with E-state index in [1.807, 2.05) is 37.3 Å². The van der Waals surface area contributed by atoms with Gasteiger partial charge >= 0.3 is 0 Å². The van der Waals surface area contributed by atoms with Crippen LogP contribution in [-0.4, -0.2) is 22.6 Å². The highest BCUT2D eigenvalue weighted by molar-refractivity contribution is 5.91. The largest absolute Gasteiger partial charge is 0.497 e. The van der Waals surface area contributed by atoms with E-state index in [0.29, 0.717) is 6.54 Å². The maximum Gasteiger partial charge on any atom is 0.238 e. The second kappa shape index (κ2) is 6.72. The average molecular weight is 324 g/mol. The summed E-state index contributed by atoms with van der Waals surface area (Å²) < 4.78 is 7.53. The van der Waals surface area contributed by atoms with Crippen LogP contribution < -0.4 is 16.0 Å². The van der Waals surface area contributed by atoms with Gasteiger partial charge in [0.25, 0.3) is 0 Å². The quantitative estimate of drug-likeness (QED) is 0.427. The molecule has 24 heavy (non-hydrogen) atoms. The van der Waals surface area contributed by atoms with Crippen molar-refractivity contribution < 1.29 is 9.53 Å². The summed E-state index contributed by atoms with van der Waals surface area (Å²) in [5, 5.41) is 1.00. The van der Waals surface area contributed by atoms with Crippen molar-refractivity contribution in [3.63, 3.8) is 0 Å². The first-order valence-electron chi connectivity index (χ1n) is 7.68. The number of hydrogen-bond donors (Lipinski definition) is 2. The summed E-state index contributed by atoms with van der Waals surface area (Å²) in [6.07, 6.45) is 3.79. The van der Waals surface area contributed by atoms with Gasteiger partial charge in [-0.05, 0) is 48.4 Å². The summed E-state index contributed by atoms with van der Waals surface area (Å²) in [5.41, 5.74) is 6.41. The lowest BCUT2D eigenvalue weighted by atomic mass is 10.1. The maximum atomic E-state index is 11.8. The van der Waals surface area contributed by atoms with Gasteiger partial charge in [-0.15, -0.1) is 0 Å². The number of benzene rings is 1. The Bertz CT molecular complexity index is 872. The molecule has 0 atom stereocenters. The van der Waals surface area contributed by atoms with Crippen molar-refractivity contribution in [2.75, 3.05) is 7.11 Å². The highest BCUT2D eigenvalue weighted by Crippen LogP contribution is 2.30. The molecule has 0 radical (unpaired) electrons. The molecule has 0 aliphatic rings. The van der Waals surface area contributed by atoms with E-state index in [1.54, 1.807) is 19.5 Å². The molecule has 0 unspecified atom stereocenters. The number of ether oxygens (including phenoxy) is 1. The Balaban J connectivity index is 2.14. The molecule has 2 aromatic heterocycles. The maximum absolute atomic E-state index is 11.8. The second-order valence-corrected chi connectivity index (χ2v) is 5.63. The minimum absolute atomic E-state index is 0.219. The number of nitrogens with two attached hydrogens (primary N) is 1. The molecule has 0 aliphatic carbocycles. The van der Waals surface area contributed by atoms with Crippen LogP contribution in [0.3, 0.4) is 0 Å². The predicted octanol–water partition coefficient (Wildman–Crippen LogP) is 1.93. The molecule has 0 fully saturated rings. The smallest absolute Gasteiger partial charge is 0.238 e. The van der Waals surface area contributed by atoms with Gasteiger partial charge in [0, 0.05) is 35.5 Å². The molecule has 124 valence electrons. The topological polar surface area (TPSA) is 82.2 Å². The third kappa shape index (κ3) is 2.96. The van der Waals surface area contributed by atoms with Crippen molar-refractivity contribution in [3.8, 4) is 5.75 Å². The lowest BCUT2D eigenvalue weighted by Gasteiger charge is -2.09. The van der Waals surface area contributed by atoms with E-state index in [9.17, 15) is 4.79 Å². The third-order valence-corrected chi connectivity index (χ3v) is 4.25. The lowest BCUT2D eigenvalue weighted by molar-refractivity contribution is -0.120. The van der Waals surface area contributed by atoms with Crippen LogP contribution in [0.1, 0.15) is 16.8 Å². The van der Waals surface area contributed by atoms with Crippen LogP contribution >= 0.6 is 0 Å².